The predicted octanol–water partition coefficient (Wildman–Crippen LogP) is 4.16. The van der Waals surface area contributed by atoms with Crippen molar-refractivity contribution < 1.29 is 29.0 Å². The number of unbranched alkanes of at least 4 members (excludes halogenated alkanes) is 1. The van der Waals surface area contributed by atoms with Gasteiger partial charge < -0.3 is 25.2 Å². The van der Waals surface area contributed by atoms with Crippen molar-refractivity contribution in [1.29, 1.82) is 0 Å². The third-order valence-corrected chi connectivity index (χ3v) is 8.50. The van der Waals surface area contributed by atoms with Gasteiger partial charge >= 0.3 is 5.97 Å². The highest BCUT2D eigenvalue weighted by molar-refractivity contribution is 5.86. The molecule has 1 heterocycles. The van der Waals surface area contributed by atoms with Crippen molar-refractivity contribution in [2.45, 2.75) is 123 Å². The Bertz CT molecular complexity index is 783. The van der Waals surface area contributed by atoms with Gasteiger partial charge in [-0.25, -0.2) is 0 Å². The van der Waals surface area contributed by atoms with E-state index in [9.17, 15) is 19.5 Å². The van der Waals surface area contributed by atoms with Crippen molar-refractivity contribution in [2.75, 3.05) is 13.2 Å². The van der Waals surface area contributed by atoms with Gasteiger partial charge in [-0.1, -0.05) is 59.3 Å². The first kappa shape index (κ1) is 27.9. The van der Waals surface area contributed by atoms with Gasteiger partial charge in [-0.3, -0.25) is 14.4 Å². The van der Waals surface area contributed by atoms with Gasteiger partial charge in [0.05, 0.1) is 18.1 Å². The van der Waals surface area contributed by atoms with Gasteiger partial charge in [-0.2, -0.15) is 0 Å². The lowest BCUT2D eigenvalue weighted by molar-refractivity contribution is -0.304. The fourth-order valence-electron chi connectivity index (χ4n) is 5.95. The molecule has 2 unspecified atom stereocenters. The molecule has 8 nitrogen and oxygen atoms in total. The van der Waals surface area contributed by atoms with E-state index in [-0.39, 0.29) is 23.8 Å². The van der Waals surface area contributed by atoms with Crippen molar-refractivity contribution in [3.8, 4) is 0 Å². The lowest BCUT2D eigenvalue weighted by atomic mass is 9.64. The zero-order chi connectivity index (χ0) is 25.9. The molecule has 2 saturated carbocycles. The summed E-state index contributed by atoms with van der Waals surface area (Å²) in [4.78, 5) is 39.3. The summed E-state index contributed by atoms with van der Waals surface area (Å²) >= 11 is 0. The quantitative estimate of drug-likeness (QED) is 0.420. The molecule has 3 aliphatic rings. The Balaban J connectivity index is 1.76. The smallest absolute Gasteiger partial charge is 0.310 e. The van der Waals surface area contributed by atoms with E-state index in [2.05, 4.69) is 17.6 Å². The first-order valence-electron chi connectivity index (χ1n) is 13.5. The summed E-state index contributed by atoms with van der Waals surface area (Å²) in [5.74, 6) is -3.12. The summed E-state index contributed by atoms with van der Waals surface area (Å²) in [6.45, 7) is 9.78. The van der Waals surface area contributed by atoms with Gasteiger partial charge in [0.1, 0.15) is 6.10 Å². The lowest BCUT2D eigenvalue weighted by Crippen LogP contribution is -2.64. The number of hydrogen-bond acceptors (Lipinski definition) is 5. The maximum atomic E-state index is 13.6. The molecule has 2 amide bonds. The summed E-state index contributed by atoms with van der Waals surface area (Å²) < 4.78 is 11.6. The minimum absolute atomic E-state index is 0.00678. The third-order valence-electron chi connectivity index (χ3n) is 8.50. The first-order valence-corrected chi connectivity index (χ1v) is 13.5. The van der Waals surface area contributed by atoms with Crippen LogP contribution in [-0.2, 0) is 23.9 Å². The Hall–Kier alpha value is -1.67. The Morgan fingerprint density at radius 3 is 2.20 bits per heavy atom. The van der Waals surface area contributed by atoms with Crippen molar-refractivity contribution >= 4 is 17.8 Å². The molecule has 0 aromatic rings. The predicted molar refractivity (Wildman–Crippen MR) is 133 cm³/mol. The summed E-state index contributed by atoms with van der Waals surface area (Å²) in [7, 11) is 0. The number of ether oxygens (including phenoxy) is 2. The highest BCUT2D eigenvalue weighted by Gasteiger charge is 2.51. The van der Waals surface area contributed by atoms with Gasteiger partial charge in [-0.05, 0) is 46.0 Å². The summed E-state index contributed by atoms with van der Waals surface area (Å²) in [5.41, 5.74) is -1.77. The van der Waals surface area contributed by atoms with Crippen LogP contribution < -0.4 is 10.6 Å². The molecule has 0 radical (unpaired) electrons. The number of carbonyl (C=O) groups excluding carboxylic acids is 2. The van der Waals surface area contributed by atoms with Crippen molar-refractivity contribution in [2.24, 2.45) is 16.7 Å². The molecule has 0 aromatic carbocycles. The van der Waals surface area contributed by atoms with Crippen LogP contribution in [0.1, 0.15) is 105 Å². The molecule has 0 spiro atoms. The first-order chi connectivity index (χ1) is 16.4. The Morgan fingerprint density at radius 1 is 1.00 bits per heavy atom. The highest BCUT2D eigenvalue weighted by atomic mass is 16.7. The van der Waals surface area contributed by atoms with E-state index in [1.54, 1.807) is 13.8 Å². The van der Waals surface area contributed by atoms with Gasteiger partial charge in [0.15, 0.2) is 5.79 Å². The van der Waals surface area contributed by atoms with Gasteiger partial charge in [-0.15, -0.1) is 0 Å². The second kappa shape index (κ2) is 10.8. The van der Waals surface area contributed by atoms with Crippen LogP contribution in [0, 0.1) is 16.7 Å². The van der Waals surface area contributed by atoms with Crippen molar-refractivity contribution in [1.82, 2.24) is 10.6 Å². The van der Waals surface area contributed by atoms with E-state index in [0.29, 0.717) is 19.4 Å². The van der Waals surface area contributed by atoms with Crippen LogP contribution in [0.5, 0.6) is 0 Å². The van der Waals surface area contributed by atoms with Gasteiger partial charge in [0.25, 0.3) is 0 Å². The van der Waals surface area contributed by atoms with Crippen LogP contribution in [0.2, 0.25) is 0 Å². The standard InChI is InChI=1S/C27H46N2O6/c1-6-7-12-26(13-11-14-26)23(33)29-27(15-9-8-10-16-27)19(22(31)32)17-28-21(30)20-24(2,3)18-34-25(4,5)35-20/h19-20H,6-18H2,1-5H3,(H,28,30)(H,29,33)(H,31,32). The van der Waals surface area contributed by atoms with E-state index >= 15 is 0 Å². The third kappa shape index (κ3) is 6.19. The number of amides is 2. The summed E-state index contributed by atoms with van der Waals surface area (Å²) in [6.07, 6.45) is 8.89. The number of carboxylic acids is 1. The van der Waals surface area contributed by atoms with Crippen LogP contribution >= 0.6 is 0 Å². The molecule has 1 saturated heterocycles. The maximum absolute atomic E-state index is 13.6. The molecule has 2 atom stereocenters. The van der Waals surface area contributed by atoms with Crippen LogP contribution in [0.25, 0.3) is 0 Å². The van der Waals surface area contributed by atoms with Gasteiger partial charge in [0.2, 0.25) is 11.8 Å². The maximum Gasteiger partial charge on any atom is 0.310 e. The van der Waals surface area contributed by atoms with Crippen LogP contribution in [0.15, 0.2) is 0 Å². The molecule has 8 heteroatoms. The lowest BCUT2D eigenvalue weighted by Gasteiger charge is -2.48. The molecule has 35 heavy (non-hydrogen) atoms. The monoisotopic (exact) mass is 494 g/mol. The topological polar surface area (TPSA) is 114 Å². The fraction of sp³-hybridized carbons (Fsp3) is 0.889. The second-order valence-corrected chi connectivity index (χ2v) is 12.2. The average molecular weight is 495 g/mol. The average Bonchev–Trinajstić information content (AvgIpc) is 2.75. The SMILES string of the molecule is CCCCC1(C(=O)NC2(C(CNC(=O)C3OC(C)(C)OCC3(C)C)C(=O)O)CCCCC2)CCC1. The second-order valence-electron chi connectivity index (χ2n) is 12.2. The molecule has 1 aliphatic heterocycles. The Labute approximate surface area is 210 Å². The number of rotatable bonds is 10. The zero-order valence-corrected chi connectivity index (χ0v) is 22.3. The van der Waals surface area contributed by atoms with Gasteiger partial charge in [0, 0.05) is 17.4 Å². The Kier molecular flexibility index (Phi) is 8.57. The number of aliphatic carboxylic acids is 1. The number of carboxylic acid groups (broad SMARTS) is 1. The summed E-state index contributed by atoms with van der Waals surface area (Å²) in [6, 6.07) is 0. The molecule has 200 valence electrons. The molecule has 0 aromatic heterocycles. The van der Waals surface area contributed by atoms with E-state index in [1.165, 1.54) is 0 Å². The summed E-state index contributed by atoms with van der Waals surface area (Å²) in [5, 5.41) is 16.4. The largest absolute Gasteiger partial charge is 0.481 e. The molecule has 3 rings (SSSR count). The van der Waals surface area contributed by atoms with Crippen LogP contribution in [0.3, 0.4) is 0 Å². The molecule has 2 aliphatic carbocycles. The molecular weight excluding hydrogens is 448 g/mol. The Morgan fingerprint density at radius 2 is 1.66 bits per heavy atom. The van der Waals surface area contributed by atoms with Crippen molar-refractivity contribution in [3.63, 3.8) is 0 Å². The number of nitrogens with one attached hydrogen (secondary N) is 2. The normalized spacial score (nSPS) is 27.2. The molecule has 3 N–H and O–H groups in total. The van der Waals surface area contributed by atoms with Crippen LogP contribution in [0.4, 0.5) is 0 Å². The molecule has 3 fully saturated rings. The minimum Gasteiger partial charge on any atom is -0.481 e. The van der Waals surface area contributed by atoms with E-state index in [0.717, 1.165) is 57.8 Å². The van der Waals surface area contributed by atoms with Crippen molar-refractivity contribution in [3.05, 3.63) is 0 Å². The molecular formula is C27H46N2O6. The van der Waals surface area contributed by atoms with E-state index in [4.69, 9.17) is 9.47 Å². The highest BCUT2D eigenvalue weighted by Crippen LogP contribution is 2.47. The zero-order valence-electron chi connectivity index (χ0n) is 22.3. The molecule has 0 bridgehead atoms. The van der Waals surface area contributed by atoms with E-state index in [1.807, 2.05) is 13.8 Å². The number of carbonyl (C=O) groups is 3. The minimum atomic E-state index is -0.990. The van der Waals surface area contributed by atoms with Crippen LogP contribution in [-0.4, -0.2) is 53.5 Å². The van der Waals surface area contributed by atoms with E-state index < -0.39 is 34.7 Å². The fourth-order valence-corrected chi connectivity index (χ4v) is 5.95. The number of hydrogen-bond donors (Lipinski definition) is 3.